The van der Waals surface area contributed by atoms with Gasteiger partial charge >= 0.3 is 12.1 Å². The van der Waals surface area contributed by atoms with Crippen molar-refractivity contribution >= 4 is 5.97 Å². The van der Waals surface area contributed by atoms with E-state index in [1.165, 1.54) is 19.2 Å². The number of ether oxygens (including phenoxy) is 3. The molecule has 0 heterocycles. The van der Waals surface area contributed by atoms with Crippen LogP contribution in [0, 0.1) is 5.92 Å². The average molecular weight is 382 g/mol. The lowest BCUT2D eigenvalue weighted by Gasteiger charge is -2.20. The number of carbonyl (C=O) groups excluding carboxylic acids is 1. The van der Waals surface area contributed by atoms with Crippen molar-refractivity contribution in [2.45, 2.75) is 32.5 Å². The van der Waals surface area contributed by atoms with Gasteiger partial charge in [0.25, 0.3) is 0 Å². The average Bonchev–Trinajstić information content (AvgIpc) is 2.62. The highest BCUT2D eigenvalue weighted by Gasteiger charge is 2.30. The normalized spacial score (nSPS) is 13.6. The minimum atomic E-state index is -4.38. The second-order valence-electron chi connectivity index (χ2n) is 6.18. The van der Waals surface area contributed by atoms with Crippen LogP contribution in [0.2, 0.25) is 0 Å². The Hall–Kier alpha value is -2.70. The number of hydrogen-bond donors (Lipinski definition) is 0. The van der Waals surface area contributed by atoms with Crippen molar-refractivity contribution in [2.75, 3.05) is 7.11 Å². The molecule has 0 saturated heterocycles. The number of methoxy groups -OCH3 is 1. The van der Waals surface area contributed by atoms with Gasteiger partial charge in [0.2, 0.25) is 0 Å². The first-order valence-electron chi connectivity index (χ1n) is 8.37. The van der Waals surface area contributed by atoms with Gasteiger partial charge < -0.3 is 14.2 Å². The lowest BCUT2D eigenvalue weighted by Crippen LogP contribution is -2.24. The summed E-state index contributed by atoms with van der Waals surface area (Å²) in [5.41, 5.74) is -0.728. The minimum absolute atomic E-state index is 0.0273. The van der Waals surface area contributed by atoms with Gasteiger partial charge in [0.15, 0.2) is 0 Å². The minimum Gasteiger partial charge on any atom is -0.490 e. The topological polar surface area (TPSA) is 44.8 Å². The van der Waals surface area contributed by atoms with Gasteiger partial charge in [0.1, 0.15) is 17.2 Å². The van der Waals surface area contributed by atoms with Crippen LogP contribution in [0.5, 0.6) is 17.2 Å². The number of rotatable bonds is 7. The van der Waals surface area contributed by atoms with E-state index >= 15 is 0 Å². The second-order valence-corrected chi connectivity index (χ2v) is 6.18. The predicted molar refractivity (Wildman–Crippen MR) is 93.8 cm³/mol. The van der Waals surface area contributed by atoms with E-state index in [0.717, 1.165) is 12.1 Å². The standard InChI is InChI=1S/C20H21F3O4/c1-13(12-19(24)25-3)14(2)26-16-8-10-18(11-9-16)27-17-6-4-15(5-7-17)20(21,22)23/h4-11,13-14H,12H2,1-3H3. The zero-order valence-corrected chi connectivity index (χ0v) is 15.2. The van der Waals surface area contributed by atoms with Gasteiger partial charge in [-0.05, 0) is 55.5 Å². The van der Waals surface area contributed by atoms with E-state index in [-0.39, 0.29) is 24.4 Å². The largest absolute Gasteiger partial charge is 0.490 e. The lowest BCUT2D eigenvalue weighted by molar-refractivity contribution is -0.142. The Balaban J connectivity index is 1.94. The van der Waals surface area contributed by atoms with Gasteiger partial charge in [-0.3, -0.25) is 4.79 Å². The molecule has 0 aliphatic rings. The van der Waals surface area contributed by atoms with Crippen LogP contribution < -0.4 is 9.47 Å². The van der Waals surface area contributed by atoms with Crippen LogP contribution in [0.15, 0.2) is 48.5 Å². The molecule has 0 radical (unpaired) electrons. The third-order valence-corrected chi connectivity index (χ3v) is 4.08. The Morgan fingerprint density at radius 2 is 1.41 bits per heavy atom. The quantitative estimate of drug-likeness (QED) is 0.596. The lowest BCUT2D eigenvalue weighted by atomic mass is 10.0. The number of esters is 1. The molecule has 2 aromatic carbocycles. The van der Waals surface area contributed by atoms with Gasteiger partial charge in [0, 0.05) is 5.92 Å². The van der Waals surface area contributed by atoms with E-state index < -0.39 is 11.7 Å². The van der Waals surface area contributed by atoms with Crippen LogP contribution in [0.1, 0.15) is 25.8 Å². The summed E-state index contributed by atoms with van der Waals surface area (Å²) in [6.45, 7) is 3.75. The first kappa shape index (κ1) is 20.6. The molecule has 0 aliphatic heterocycles. The number of carbonyl (C=O) groups is 1. The van der Waals surface area contributed by atoms with E-state index in [4.69, 9.17) is 9.47 Å². The Kier molecular flexibility index (Phi) is 6.71. The van der Waals surface area contributed by atoms with Gasteiger partial charge in [0.05, 0.1) is 25.2 Å². The van der Waals surface area contributed by atoms with Crippen molar-refractivity contribution in [2.24, 2.45) is 5.92 Å². The molecule has 0 spiro atoms. The molecule has 27 heavy (non-hydrogen) atoms. The molecular weight excluding hydrogens is 361 g/mol. The number of alkyl halides is 3. The van der Waals surface area contributed by atoms with Crippen molar-refractivity contribution in [1.29, 1.82) is 0 Å². The highest BCUT2D eigenvalue weighted by atomic mass is 19.4. The number of hydrogen-bond acceptors (Lipinski definition) is 4. The molecule has 0 aromatic heterocycles. The summed E-state index contributed by atoms with van der Waals surface area (Å²) in [5, 5.41) is 0. The van der Waals surface area contributed by atoms with Crippen molar-refractivity contribution in [3.8, 4) is 17.2 Å². The molecule has 2 rings (SSSR count). The molecule has 0 aliphatic carbocycles. The number of halogens is 3. The van der Waals surface area contributed by atoms with E-state index in [0.29, 0.717) is 17.2 Å². The fourth-order valence-electron chi connectivity index (χ4n) is 2.28. The summed E-state index contributed by atoms with van der Waals surface area (Å²) in [5.74, 6) is 1.05. The molecule has 0 saturated carbocycles. The van der Waals surface area contributed by atoms with Crippen molar-refractivity contribution < 1.29 is 32.2 Å². The maximum absolute atomic E-state index is 12.6. The Morgan fingerprint density at radius 1 is 0.926 bits per heavy atom. The molecule has 0 fully saturated rings. The van der Waals surface area contributed by atoms with Crippen LogP contribution in [0.3, 0.4) is 0 Å². The van der Waals surface area contributed by atoms with Crippen LogP contribution in [0.25, 0.3) is 0 Å². The van der Waals surface area contributed by atoms with Crippen molar-refractivity contribution in [3.05, 3.63) is 54.1 Å². The molecule has 0 bridgehead atoms. The molecule has 4 nitrogen and oxygen atoms in total. The fourth-order valence-corrected chi connectivity index (χ4v) is 2.28. The van der Waals surface area contributed by atoms with Crippen LogP contribution in [-0.2, 0) is 15.7 Å². The molecular formula is C20H21F3O4. The van der Waals surface area contributed by atoms with E-state index in [9.17, 15) is 18.0 Å². The molecule has 2 aromatic rings. The van der Waals surface area contributed by atoms with Gasteiger partial charge in [-0.2, -0.15) is 13.2 Å². The van der Waals surface area contributed by atoms with Crippen LogP contribution in [-0.4, -0.2) is 19.2 Å². The Labute approximate surface area is 155 Å². The maximum atomic E-state index is 12.6. The van der Waals surface area contributed by atoms with E-state index in [1.54, 1.807) is 24.3 Å². The summed E-state index contributed by atoms with van der Waals surface area (Å²) >= 11 is 0. The van der Waals surface area contributed by atoms with E-state index in [1.807, 2.05) is 13.8 Å². The van der Waals surface area contributed by atoms with Gasteiger partial charge in [-0.15, -0.1) is 0 Å². The summed E-state index contributed by atoms with van der Waals surface area (Å²) < 4.78 is 53.7. The van der Waals surface area contributed by atoms with Crippen LogP contribution >= 0.6 is 0 Å². The second kappa shape index (κ2) is 8.79. The summed E-state index contributed by atoms with van der Waals surface area (Å²) in [7, 11) is 1.34. The molecule has 7 heteroatoms. The third-order valence-electron chi connectivity index (χ3n) is 4.08. The summed E-state index contributed by atoms with van der Waals surface area (Å²) in [6.07, 6.45) is -4.32. The first-order chi connectivity index (χ1) is 12.7. The zero-order chi connectivity index (χ0) is 20.0. The summed E-state index contributed by atoms with van der Waals surface area (Å²) in [6, 6.07) is 11.2. The summed E-state index contributed by atoms with van der Waals surface area (Å²) in [4.78, 5) is 11.3. The number of benzene rings is 2. The van der Waals surface area contributed by atoms with Crippen molar-refractivity contribution in [1.82, 2.24) is 0 Å². The monoisotopic (exact) mass is 382 g/mol. The molecule has 0 N–H and O–H groups in total. The fraction of sp³-hybridized carbons (Fsp3) is 0.350. The Morgan fingerprint density at radius 3 is 1.89 bits per heavy atom. The highest BCUT2D eigenvalue weighted by Crippen LogP contribution is 2.31. The maximum Gasteiger partial charge on any atom is 0.416 e. The van der Waals surface area contributed by atoms with Crippen LogP contribution in [0.4, 0.5) is 13.2 Å². The molecule has 0 amide bonds. The molecule has 2 atom stereocenters. The zero-order valence-electron chi connectivity index (χ0n) is 15.2. The van der Waals surface area contributed by atoms with Gasteiger partial charge in [-0.25, -0.2) is 0 Å². The highest BCUT2D eigenvalue weighted by molar-refractivity contribution is 5.69. The smallest absolute Gasteiger partial charge is 0.416 e. The van der Waals surface area contributed by atoms with Gasteiger partial charge in [-0.1, -0.05) is 6.92 Å². The molecule has 146 valence electrons. The van der Waals surface area contributed by atoms with Crippen molar-refractivity contribution in [3.63, 3.8) is 0 Å². The SMILES string of the molecule is COC(=O)CC(C)C(C)Oc1ccc(Oc2ccc(C(F)(F)F)cc2)cc1. The Bertz CT molecular complexity index is 739. The first-order valence-corrected chi connectivity index (χ1v) is 8.37. The third kappa shape index (κ3) is 6.20. The van der Waals surface area contributed by atoms with E-state index in [2.05, 4.69) is 4.74 Å². The molecule has 2 unspecified atom stereocenters. The predicted octanol–water partition coefficient (Wildman–Crippen LogP) is 5.46.